The van der Waals surface area contributed by atoms with E-state index in [0.717, 1.165) is 72.8 Å². The number of nitro groups is 6. The molecule has 22 nitrogen and oxygen atoms in total. The van der Waals surface area contributed by atoms with Crippen LogP contribution in [0.1, 0.15) is 54.2 Å². The van der Waals surface area contributed by atoms with Gasteiger partial charge in [-0.1, -0.05) is 0 Å². The first kappa shape index (κ1) is 46.3. The zero-order chi connectivity index (χ0) is 47.5. The molecule has 0 heterocycles. The lowest BCUT2D eigenvalue weighted by molar-refractivity contribution is -0.385. The summed E-state index contributed by atoms with van der Waals surface area (Å²) in [7, 11) is -5.57. The minimum absolute atomic E-state index is 0.0594. The lowest BCUT2D eigenvalue weighted by Crippen LogP contribution is -2.35. The highest BCUT2D eigenvalue weighted by molar-refractivity contribution is 7.48. The van der Waals surface area contributed by atoms with Crippen LogP contribution in [-0.4, -0.2) is 29.5 Å². The molecule has 6 aromatic carbocycles. The van der Waals surface area contributed by atoms with E-state index >= 15 is 4.57 Å². The lowest BCUT2D eigenvalue weighted by atomic mass is 9.88. The third-order valence-corrected chi connectivity index (χ3v) is 12.4. The van der Waals surface area contributed by atoms with Crippen molar-refractivity contribution in [2.75, 3.05) is 0 Å². The molecule has 0 amide bonds. The van der Waals surface area contributed by atoms with Crippen LogP contribution in [0.15, 0.2) is 146 Å². The van der Waals surface area contributed by atoms with Crippen molar-refractivity contribution in [2.45, 2.75) is 37.6 Å². The number of rotatable bonds is 18. The Morgan fingerprint density at radius 1 is 0.308 bits per heavy atom. The van der Waals surface area contributed by atoms with E-state index in [1.807, 2.05) is 0 Å². The number of nitrogens with zero attached hydrogens (tertiary/aromatic N) is 6. The molecule has 0 spiro atoms. The van der Waals surface area contributed by atoms with Crippen LogP contribution in [0, 0.1) is 60.7 Å². The van der Waals surface area contributed by atoms with Crippen LogP contribution in [0.3, 0.4) is 0 Å². The van der Waals surface area contributed by atoms with Gasteiger partial charge in [-0.25, -0.2) is 4.57 Å². The molecular weight excluding hydrogens is 875 g/mol. The highest BCUT2D eigenvalue weighted by atomic mass is 31.2. The molecule has 0 unspecified atom stereocenters. The Balaban J connectivity index is 1.67. The van der Waals surface area contributed by atoms with E-state index in [-0.39, 0.29) is 67.5 Å². The van der Waals surface area contributed by atoms with E-state index in [1.165, 1.54) is 93.6 Å². The van der Waals surface area contributed by atoms with Crippen LogP contribution in [-0.2, 0) is 34.9 Å². The summed E-state index contributed by atoms with van der Waals surface area (Å²) in [6.07, 6.45) is 0. The number of phosphoric ester groups is 1. The number of hydrogen-bond acceptors (Lipinski definition) is 16. The van der Waals surface area contributed by atoms with Crippen molar-refractivity contribution in [3.8, 4) is 0 Å². The van der Waals surface area contributed by atoms with Gasteiger partial charge in [0.15, 0.2) is 0 Å². The Labute approximate surface area is 366 Å². The summed E-state index contributed by atoms with van der Waals surface area (Å²) in [5.41, 5.74) is -8.09. The second kappa shape index (κ2) is 17.9. The Morgan fingerprint density at radius 3 is 0.538 bits per heavy atom. The van der Waals surface area contributed by atoms with Crippen molar-refractivity contribution in [1.82, 2.24) is 0 Å². The molecule has 0 aromatic heterocycles. The number of hydrogen-bond donors (Lipinski definition) is 0. The predicted octanol–water partition coefficient (Wildman–Crippen LogP) is 10.5. The molecule has 23 heteroatoms. The van der Waals surface area contributed by atoms with E-state index in [1.54, 1.807) is 0 Å². The molecule has 6 aromatic rings. The van der Waals surface area contributed by atoms with E-state index in [0.29, 0.717) is 0 Å². The van der Waals surface area contributed by atoms with Gasteiger partial charge in [-0.15, -0.1) is 0 Å². The van der Waals surface area contributed by atoms with Crippen LogP contribution >= 0.6 is 7.82 Å². The van der Waals surface area contributed by atoms with Gasteiger partial charge in [0.2, 0.25) is 0 Å². The number of benzene rings is 6. The summed E-state index contributed by atoms with van der Waals surface area (Å²) in [5.74, 6) is 0. The summed E-state index contributed by atoms with van der Waals surface area (Å²) in [5, 5.41) is 70.3. The second-order valence-electron chi connectivity index (χ2n) is 14.6. The highest BCUT2D eigenvalue weighted by Crippen LogP contribution is 2.65. The molecule has 65 heavy (non-hydrogen) atoms. The first-order valence-electron chi connectivity index (χ1n) is 18.8. The molecule has 332 valence electrons. The number of nitro benzene ring substituents is 6. The van der Waals surface area contributed by atoms with Crippen molar-refractivity contribution < 1.29 is 47.7 Å². The molecule has 0 saturated heterocycles. The normalized spacial score (nSPS) is 12.0. The Bertz CT molecular complexity index is 2380. The standard InChI is InChI=1S/C42H33N6O16P/c1-40(28-4-16-34(17-5-28)43(49)50,29-6-18-35(19-7-29)44(51)52)62-65(61,63-41(2,30-8-20-36(21-9-30)45(53)54)31-10-22-37(23-11-31)46(55)56)64-42(3,32-12-24-38(25-13-32)47(57)58)33-14-26-39(27-15-33)48(59)60/h4-27H,1-3H3. The van der Waals surface area contributed by atoms with Crippen molar-refractivity contribution in [2.24, 2.45) is 0 Å². The van der Waals surface area contributed by atoms with Gasteiger partial charge < -0.3 is 0 Å². The van der Waals surface area contributed by atoms with Crippen molar-refractivity contribution in [3.05, 3.63) is 240 Å². The topological polar surface area (TPSA) is 304 Å². The largest absolute Gasteiger partial charge is 0.478 e. The zero-order valence-electron chi connectivity index (χ0n) is 34.0. The van der Waals surface area contributed by atoms with E-state index in [4.69, 9.17) is 13.6 Å². The SMILES string of the molecule is CC(OP(=O)(OC(C)(c1ccc([N+](=O)[O-])cc1)c1ccc([N+](=O)[O-])cc1)OC(C)(c1ccc([N+](=O)[O-])cc1)c1ccc([N+](=O)[O-])cc1)(c1ccc([N+](=O)[O-])cc1)c1ccc([N+](=O)[O-])cc1. The zero-order valence-corrected chi connectivity index (χ0v) is 34.9. The van der Waals surface area contributed by atoms with Crippen molar-refractivity contribution in [1.29, 1.82) is 0 Å². The van der Waals surface area contributed by atoms with Crippen LogP contribution < -0.4 is 0 Å². The van der Waals surface area contributed by atoms with Crippen LogP contribution in [0.2, 0.25) is 0 Å². The molecule has 0 fully saturated rings. The summed E-state index contributed by atoms with van der Waals surface area (Å²) in [4.78, 5) is 66.3. The maximum atomic E-state index is 16.4. The molecule has 0 bridgehead atoms. The first-order chi connectivity index (χ1) is 30.6. The van der Waals surface area contributed by atoms with Crippen molar-refractivity contribution >= 4 is 41.9 Å². The summed E-state index contributed by atoms with van der Waals surface area (Å²) >= 11 is 0. The fraction of sp³-hybridized carbons (Fsp3) is 0.143. The highest BCUT2D eigenvalue weighted by Gasteiger charge is 2.51. The smallest absolute Gasteiger partial charge is 0.271 e. The Morgan fingerprint density at radius 2 is 0.431 bits per heavy atom. The van der Waals surface area contributed by atoms with Crippen LogP contribution in [0.25, 0.3) is 0 Å². The summed E-state index contributed by atoms with van der Waals surface area (Å²) in [6.45, 7) is 4.08. The van der Waals surface area contributed by atoms with Gasteiger partial charge in [0.25, 0.3) is 34.1 Å². The molecular formula is C42H33N6O16P. The Hall–Kier alpha value is -8.17. The Kier molecular flexibility index (Phi) is 12.8. The minimum atomic E-state index is -5.57. The average molecular weight is 909 g/mol. The summed E-state index contributed by atoms with van der Waals surface area (Å²) < 4.78 is 36.4. The lowest BCUT2D eigenvalue weighted by Gasteiger charge is -2.42. The number of phosphoric acid groups is 1. The van der Waals surface area contributed by atoms with E-state index in [2.05, 4.69) is 0 Å². The van der Waals surface area contributed by atoms with Gasteiger partial charge in [0.05, 0.1) is 29.5 Å². The van der Waals surface area contributed by atoms with E-state index < -0.39 is 54.2 Å². The molecule has 0 saturated carbocycles. The first-order valence-corrected chi connectivity index (χ1v) is 20.3. The van der Waals surface area contributed by atoms with Crippen molar-refractivity contribution in [3.63, 3.8) is 0 Å². The van der Waals surface area contributed by atoms with Gasteiger partial charge >= 0.3 is 7.82 Å². The monoisotopic (exact) mass is 908 g/mol. The van der Waals surface area contributed by atoms with Gasteiger partial charge in [-0.3, -0.25) is 74.3 Å². The van der Waals surface area contributed by atoms with Crippen LogP contribution in [0.5, 0.6) is 0 Å². The molecule has 0 aliphatic rings. The van der Waals surface area contributed by atoms with Crippen LogP contribution in [0.4, 0.5) is 34.1 Å². The fourth-order valence-electron chi connectivity index (χ4n) is 6.95. The third kappa shape index (κ3) is 9.60. The van der Waals surface area contributed by atoms with Gasteiger partial charge in [-0.05, 0) is 127 Å². The molecule has 0 aliphatic carbocycles. The molecule has 0 atom stereocenters. The second-order valence-corrected chi connectivity index (χ2v) is 16.1. The quantitative estimate of drug-likeness (QED) is 0.0439. The maximum absolute atomic E-state index is 16.4. The average Bonchev–Trinajstić information content (AvgIpc) is 3.28. The van der Waals surface area contributed by atoms with E-state index in [9.17, 15) is 60.7 Å². The summed E-state index contributed by atoms with van der Waals surface area (Å²) in [6, 6.07) is 28.6. The third-order valence-electron chi connectivity index (χ3n) is 10.7. The molecule has 0 radical (unpaired) electrons. The van der Waals surface area contributed by atoms with Gasteiger partial charge in [0.1, 0.15) is 16.8 Å². The maximum Gasteiger partial charge on any atom is 0.478 e. The minimum Gasteiger partial charge on any atom is -0.271 e. The predicted molar refractivity (Wildman–Crippen MR) is 229 cm³/mol. The molecule has 0 aliphatic heterocycles. The number of non-ortho nitro benzene ring substituents is 6. The fourth-order valence-corrected chi connectivity index (χ4v) is 9.04. The van der Waals surface area contributed by atoms with Gasteiger partial charge in [-0.2, -0.15) is 0 Å². The van der Waals surface area contributed by atoms with Gasteiger partial charge in [0, 0.05) is 72.8 Å². The molecule has 6 rings (SSSR count). The molecule has 0 N–H and O–H groups in total.